The van der Waals surface area contributed by atoms with Crippen LogP contribution in [-0.4, -0.2) is 31.5 Å². The maximum Gasteiger partial charge on any atom is 0.411 e. The van der Waals surface area contributed by atoms with Crippen LogP contribution in [0.2, 0.25) is 0 Å². The lowest BCUT2D eigenvalue weighted by Gasteiger charge is -2.06. The Morgan fingerprint density at radius 2 is 1.93 bits per heavy atom. The molecule has 0 aliphatic heterocycles. The minimum atomic E-state index is -0.568. The molecule has 0 saturated carbocycles. The molecule has 0 atom stereocenters. The van der Waals surface area contributed by atoms with E-state index in [1.54, 1.807) is 12.1 Å². The van der Waals surface area contributed by atoms with E-state index in [2.05, 4.69) is 15.4 Å². The number of hydrogen-bond acceptors (Lipinski definition) is 4. The maximum atomic E-state index is 11.1. The Kier molecular flexibility index (Phi) is 4.43. The first-order valence-electron chi connectivity index (χ1n) is 4.58. The van der Waals surface area contributed by atoms with E-state index in [1.165, 1.54) is 0 Å². The zero-order valence-electron chi connectivity index (χ0n) is 8.49. The normalized spacial score (nSPS) is 9.47. The highest BCUT2D eigenvalue weighted by molar-refractivity contribution is 5.84. The highest BCUT2D eigenvalue weighted by atomic mass is 16.6. The number of ether oxygens (including phenoxy) is 1. The quantitative estimate of drug-likeness (QED) is 0.699. The topological polar surface area (TPSA) is 70.6 Å². The molecule has 3 N–H and O–H groups in total. The van der Waals surface area contributed by atoms with Crippen LogP contribution in [0.15, 0.2) is 24.3 Å². The lowest BCUT2D eigenvalue weighted by Crippen LogP contribution is -2.15. The second-order valence-electron chi connectivity index (χ2n) is 2.81. The van der Waals surface area contributed by atoms with Crippen LogP contribution >= 0.6 is 0 Å². The van der Waals surface area contributed by atoms with Gasteiger partial charge in [0.25, 0.3) is 0 Å². The second kappa shape index (κ2) is 5.87. The third kappa shape index (κ3) is 3.86. The molecule has 0 saturated heterocycles. The van der Waals surface area contributed by atoms with Crippen molar-refractivity contribution in [3.05, 3.63) is 24.3 Å². The van der Waals surface area contributed by atoms with Crippen LogP contribution in [0.1, 0.15) is 0 Å². The minimum Gasteiger partial charge on any atom is -0.447 e. The lowest BCUT2D eigenvalue weighted by molar-refractivity contribution is 0.131. The highest BCUT2D eigenvalue weighted by Crippen LogP contribution is 2.12. The average Bonchev–Trinajstić information content (AvgIpc) is 2.27. The van der Waals surface area contributed by atoms with E-state index >= 15 is 0 Å². The van der Waals surface area contributed by atoms with Gasteiger partial charge in [-0.15, -0.1) is 0 Å². The Morgan fingerprint density at radius 3 is 2.47 bits per heavy atom. The smallest absolute Gasteiger partial charge is 0.411 e. The highest BCUT2D eigenvalue weighted by Gasteiger charge is 2.01. The van der Waals surface area contributed by atoms with Crippen molar-refractivity contribution >= 4 is 17.5 Å². The summed E-state index contributed by atoms with van der Waals surface area (Å²) in [6.45, 7) is -0.174. The largest absolute Gasteiger partial charge is 0.447 e. The molecule has 0 radical (unpaired) electrons. The number of carbonyl (C=O) groups is 1. The standard InChI is InChI=1S/C10H14N2O3/c1-11-8-2-4-9(5-3-8)12-10(14)15-7-6-13/h2-5,11,13H,6-7H2,1H3,(H,12,14). The van der Waals surface area contributed by atoms with Crippen molar-refractivity contribution in [2.24, 2.45) is 0 Å². The van der Waals surface area contributed by atoms with Crippen LogP contribution in [0, 0.1) is 0 Å². The van der Waals surface area contributed by atoms with Gasteiger partial charge in [0.05, 0.1) is 6.61 Å². The molecule has 1 aromatic carbocycles. The van der Waals surface area contributed by atoms with Crippen molar-refractivity contribution in [3.63, 3.8) is 0 Å². The first-order valence-corrected chi connectivity index (χ1v) is 4.58. The SMILES string of the molecule is CNc1ccc(NC(=O)OCCO)cc1. The van der Waals surface area contributed by atoms with Crippen molar-refractivity contribution in [2.75, 3.05) is 30.9 Å². The molecule has 0 aliphatic rings. The van der Waals surface area contributed by atoms with Gasteiger partial charge in [-0.2, -0.15) is 0 Å². The fourth-order valence-corrected chi connectivity index (χ4v) is 1.01. The maximum absolute atomic E-state index is 11.1. The predicted octanol–water partition coefficient (Wildman–Crippen LogP) is 1.27. The van der Waals surface area contributed by atoms with Crippen molar-refractivity contribution in [1.82, 2.24) is 0 Å². The summed E-state index contributed by atoms with van der Waals surface area (Å²) in [5.41, 5.74) is 1.61. The summed E-state index contributed by atoms with van der Waals surface area (Å²) >= 11 is 0. The summed E-state index contributed by atoms with van der Waals surface area (Å²) in [6, 6.07) is 7.18. The first kappa shape index (κ1) is 11.3. The van der Waals surface area contributed by atoms with Gasteiger partial charge in [0.15, 0.2) is 0 Å². The van der Waals surface area contributed by atoms with Gasteiger partial charge < -0.3 is 15.2 Å². The van der Waals surface area contributed by atoms with Gasteiger partial charge in [-0.1, -0.05) is 0 Å². The number of benzene rings is 1. The van der Waals surface area contributed by atoms with Crippen molar-refractivity contribution in [3.8, 4) is 0 Å². The summed E-state index contributed by atoms with van der Waals surface area (Å²) in [6.07, 6.45) is -0.568. The number of aliphatic hydroxyl groups excluding tert-OH is 1. The summed E-state index contributed by atoms with van der Waals surface area (Å²) in [5, 5.41) is 13.9. The number of hydrogen-bond donors (Lipinski definition) is 3. The van der Waals surface area contributed by atoms with Gasteiger partial charge in [0, 0.05) is 18.4 Å². The van der Waals surface area contributed by atoms with Gasteiger partial charge in [-0.25, -0.2) is 4.79 Å². The first-order chi connectivity index (χ1) is 7.26. The Balaban J connectivity index is 2.46. The molecule has 5 nitrogen and oxygen atoms in total. The van der Waals surface area contributed by atoms with E-state index in [4.69, 9.17) is 5.11 Å². The minimum absolute atomic E-state index is 0.000429. The summed E-state index contributed by atoms with van der Waals surface area (Å²) in [7, 11) is 1.82. The molecule has 1 amide bonds. The molecule has 82 valence electrons. The molecule has 1 rings (SSSR count). The summed E-state index contributed by atoms with van der Waals surface area (Å²) in [4.78, 5) is 11.1. The second-order valence-corrected chi connectivity index (χ2v) is 2.81. The molecule has 0 heterocycles. The van der Waals surface area contributed by atoms with Crippen LogP contribution < -0.4 is 10.6 Å². The Morgan fingerprint density at radius 1 is 1.33 bits per heavy atom. The molecule has 0 spiro atoms. The average molecular weight is 210 g/mol. The van der Waals surface area contributed by atoms with Crippen LogP contribution in [0.5, 0.6) is 0 Å². The van der Waals surface area contributed by atoms with Crippen molar-refractivity contribution in [2.45, 2.75) is 0 Å². The molecule has 0 aliphatic carbocycles. The third-order valence-electron chi connectivity index (χ3n) is 1.74. The van der Waals surface area contributed by atoms with Crippen LogP contribution in [0.4, 0.5) is 16.2 Å². The Bertz CT molecular complexity index is 311. The van der Waals surface area contributed by atoms with Gasteiger partial charge in [-0.05, 0) is 24.3 Å². The monoisotopic (exact) mass is 210 g/mol. The van der Waals surface area contributed by atoms with Gasteiger partial charge in [0.1, 0.15) is 6.61 Å². The van der Waals surface area contributed by atoms with E-state index in [0.29, 0.717) is 5.69 Å². The zero-order valence-corrected chi connectivity index (χ0v) is 8.49. The molecular formula is C10H14N2O3. The number of aliphatic hydroxyl groups is 1. The van der Waals surface area contributed by atoms with E-state index < -0.39 is 6.09 Å². The molecule has 0 bridgehead atoms. The van der Waals surface area contributed by atoms with E-state index in [0.717, 1.165) is 5.69 Å². The van der Waals surface area contributed by atoms with Gasteiger partial charge in [0.2, 0.25) is 0 Å². The molecule has 1 aromatic rings. The Hall–Kier alpha value is -1.75. The molecular weight excluding hydrogens is 196 g/mol. The van der Waals surface area contributed by atoms with Crippen LogP contribution in [0.25, 0.3) is 0 Å². The molecule has 0 unspecified atom stereocenters. The van der Waals surface area contributed by atoms with E-state index in [-0.39, 0.29) is 13.2 Å². The van der Waals surface area contributed by atoms with E-state index in [1.807, 2.05) is 19.2 Å². The molecule has 15 heavy (non-hydrogen) atoms. The number of nitrogens with one attached hydrogen (secondary N) is 2. The molecule has 0 fully saturated rings. The van der Waals surface area contributed by atoms with Gasteiger partial charge in [-0.3, -0.25) is 5.32 Å². The van der Waals surface area contributed by atoms with Crippen molar-refractivity contribution in [1.29, 1.82) is 0 Å². The number of anilines is 2. The predicted molar refractivity (Wildman–Crippen MR) is 58.0 cm³/mol. The lowest BCUT2D eigenvalue weighted by atomic mass is 10.3. The Labute approximate surface area is 88.1 Å². The fraction of sp³-hybridized carbons (Fsp3) is 0.300. The number of carbonyl (C=O) groups excluding carboxylic acids is 1. The third-order valence-corrected chi connectivity index (χ3v) is 1.74. The number of amides is 1. The summed E-state index contributed by atoms with van der Waals surface area (Å²) < 4.78 is 4.64. The van der Waals surface area contributed by atoms with Gasteiger partial charge >= 0.3 is 6.09 Å². The molecule has 5 heteroatoms. The van der Waals surface area contributed by atoms with Crippen molar-refractivity contribution < 1.29 is 14.6 Å². The summed E-state index contributed by atoms with van der Waals surface area (Å²) in [5.74, 6) is 0. The molecule has 0 aromatic heterocycles. The zero-order chi connectivity index (χ0) is 11.1. The fourth-order valence-electron chi connectivity index (χ4n) is 1.01. The van der Waals surface area contributed by atoms with Crippen LogP contribution in [0.3, 0.4) is 0 Å². The van der Waals surface area contributed by atoms with Crippen LogP contribution in [-0.2, 0) is 4.74 Å². The van der Waals surface area contributed by atoms with E-state index in [9.17, 15) is 4.79 Å². The number of rotatable bonds is 4.